The molecule has 0 radical (unpaired) electrons. The number of nitriles is 1. The van der Waals surface area contributed by atoms with E-state index >= 15 is 0 Å². The standard InChI is InChI=1S/C19H8F6N4O/c20-18(21,22)12-3-11(4-13(7-12)19(23,24)25)9-1-2-10-6-16(30-15(10)5-9)17-14(8-26)27-29-28-17/h1-7H,(H,27,28,29). The lowest BCUT2D eigenvalue weighted by atomic mass is 9.98. The molecule has 0 spiro atoms. The van der Waals surface area contributed by atoms with Crippen molar-refractivity contribution in [3.05, 3.63) is 59.3 Å². The molecule has 0 aliphatic rings. The normalized spacial score (nSPS) is 12.3. The highest BCUT2D eigenvalue weighted by molar-refractivity contribution is 5.87. The van der Waals surface area contributed by atoms with Crippen molar-refractivity contribution in [1.29, 1.82) is 5.26 Å². The SMILES string of the molecule is N#Cc1[nH]nnc1-c1cc2ccc(-c3cc(C(F)(F)F)cc(C(F)(F)F)c3)cc2o1. The molecule has 0 fully saturated rings. The van der Waals surface area contributed by atoms with Gasteiger partial charge in [0.15, 0.2) is 17.1 Å². The van der Waals surface area contributed by atoms with Crippen LogP contribution >= 0.6 is 0 Å². The Morgan fingerprint density at radius 2 is 1.53 bits per heavy atom. The number of rotatable bonds is 2. The number of nitrogens with zero attached hydrogens (tertiary/aromatic N) is 3. The molecule has 11 heteroatoms. The first-order chi connectivity index (χ1) is 14.1. The predicted octanol–water partition coefficient (Wildman–Crippen LogP) is 5.79. The summed E-state index contributed by atoms with van der Waals surface area (Å²) in [5.74, 6) is 0.174. The summed E-state index contributed by atoms with van der Waals surface area (Å²) in [6.07, 6.45) is -9.89. The Morgan fingerprint density at radius 3 is 2.13 bits per heavy atom. The van der Waals surface area contributed by atoms with Gasteiger partial charge < -0.3 is 4.42 Å². The number of fused-ring (bicyclic) bond motifs is 1. The number of aromatic amines is 1. The summed E-state index contributed by atoms with van der Waals surface area (Å²) in [6.45, 7) is 0. The second kappa shape index (κ2) is 6.62. The van der Waals surface area contributed by atoms with Gasteiger partial charge in [0.1, 0.15) is 11.7 Å². The van der Waals surface area contributed by atoms with E-state index in [-0.39, 0.29) is 39.9 Å². The Labute approximate surface area is 163 Å². The Kier molecular flexibility index (Phi) is 4.30. The molecule has 152 valence electrons. The molecule has 0 aliphatic carbocycles. The highest BCUT2D eigenvalue weighted by Crippen LogP contribution is 2.39. The van der Waals surface area contributed by atoms with Gasteiger partial charge in [0.25, 0.3) is 0 Å². The maximum Gasteiger partial charge on any atom is 0.416 e. The van der Waals surface area contributed by atoms with Crippen LogP contribution in [0.4, 0.5) is 26.3 Å². The summed E-state index contributed by atoms with van der Waals surface area (Å²) in [5.41, 5.74) is -2.62. The van der Waals surface area contributed by atoms with Gasteiger partial charge in [-0.05, 0) is 41.5 Å². The van der Waals surface area contributed by atoms with Crippen LogP contribution in [-0.2, 0) is 12.4 Å². The average molecular weight is 422 g/mol. The number of hydrogen-bond acceptors (Lipinski definition) is 4. The van der Waals surface area contributed by atoms with Crippen molar-refractivity contribution in [2.45, 2.75) is 12.4 Å². The van der Waals surface area contributed by atoms with Crippen LogP contribution in [0.15, 0.2) is 46.9 Å². The number of aromatic nitrogens is 3. The van der Waals surface area contributed by atoms with E-state index in [4.69, 9.17) is 9.68 Å². The van der Waals surface area contributed by atoms with Crippen molar-refractivity contribution in [2.75, 3.05) is 0 Å². The fraction of sp³-hybridized carbons (Fsp3) is 0.105. The fourth-order valence-corrected chi connectivity index (χ4v) is 2.93. The van der Waals surface area contributed by atoms with Gasteiger partial charge in [0, 0.05) is 5.39 Å². The van der Waals surface area contributed by atoms with Crippen LogP contribution in [0, 0.1) is 11.3 Å². The molecule has 4 rings (SSSR count). The summed E-state index contributed by atoms with van der Waals surface area (Å²) in [6, 6.07) is 8.92. The molecule has 2 heterocycles. The van der Waals surface area contributed by atoms with Crippen molar-refractivity contribution < 1.29 is 30.8 Å². The molecule has 0 amide bonds. The molecule has 5 nitrogen and oxygen atoms in total. The van der Waals surface area contributed by atoms with Gasteiger partial charge in [-0.25, -0.2) is 5.10 Å². The third kappa shape index (κ3) is 3.47. The molecule has 2 aromatic heterocycles. The summed E-state index contributed by atoms with van der Waals surface area (Å²) in [7, 11) is 0. The smallest absolute Gasteiger partial charge is 0.416 e. The van der Waals surface area contributed by atoms with Gasteiger partial charge in [-0.2, -0.15) is 31.6 Å². The molecule has 0 unspecified atom stereocenters. The minimum atomic E-state index is -4.95. The average Bonchev–Trinajstić information content (AvgIpc) is 3.31. The van der Waals surface area contributed by atoms with E-state index in [1.54, 1.807) is 0 Å². The van der Waals surface area contributed by atoms with Crippen LogP contribution in [0.25, 0.3) is 33.6 Å². The zero-order valence-electron chi connectivity index (χ0n) is 14.6. The molecule has 1 N–H and O–H groups in total. The largest absolute Gasteiger partial charge is 0.454 e. The number of furan rings is 1. The minimum Gasteiger partial charge on any atom is -0.454 e. The number of halogens is 6. The van der Waals surface area contributed by atoms with E-state index in [9.17, 15) is 26.3 Å². The van der Waals surface area contributed by atoms with Crippen molar-refractivity contribution in [3.63, 3.8) is 0 Å². The molecule has 0 saturated carbocycles. The number of nitrogens with one attached hydrogen (secondary N) is 1. The maximum absolute atomic E-state index is 13.1. The summed E-state index contributed by atoms with van der Waals surface area (Å²) < 4.78 is 84.2. The maximum atomic E-state index is 13.1. The highest BCUT2D eigenvalue weighted by Gasteiger charge is 2.37. The van der Waals surface area contributed by atoms with Crippen LogP contribution in [0.2, 0.25) is 0 Å². The van der Waals surface area contributed by atoms with Gasteiger partial charge in [-0.1, -0.05) is 17.3 Å². The topological polar surface area (TPSA) is 78.5 Å². The third-order valence-corrected chi connectivity index (χ3v) is 4.33. The lowest BCUT2D eigenvalue weighted by Crippen LogP contribution is -2.11. The summed E-state index contributed by atoms with van der Waals surface area (Å²) in [4.78, 5) is 0. The van der Waals surface area contributed by atoms with Crippen LogP contribution in [-0.4, -0.2) is 15.4 Å². The van der Waals surface area contributed by atoms with Gasteiger partial charge in [0.05, 0.1) is 11.1 Å². The van der Waals surface area contributed by atoms with Gasteiger partial charge in [0.2, 0.25) is 0 Å². The van der Waals surface area contributed by atoms with Gasteiger partial charge >= 0.3 is 12.4 Å². The predicted molar refractivity (Wildman–Crippen MR) is 91.7 cm³/mol. The summed E-state index contributed by atoms with van der Waals surface area (Å²) >= 11 is 0. The van der Waals surface area contributed by atoms with E-state index in [0.717, 1.165) is 0 Å². The molecule has 30 heavy (non-hydrogen) atoms. The zero-order valence-corrected chi connectivity index (χ0v) is 14.6. The van der Waals surface area contributed by atoms with Crippen LogP contribution < -0.4 is 0 Å². The van der Waals surface area contributed by atoms with Crippen LogP contribution in [0.3, 0.4) is 0 Å². The second-order valence-corrected chi connectivity index (χ2v) is 6.31. The monoisotopic (exact) mass is 422 g/mol. The third-order valence-electron chi connectivity index (χ3n) is 4.33. The lowest BCUT2D eigenvalue weighted by molar-refractivity contribution is -0.143. The van der Waals surface area contributed by atoms with Crippen LogP contribution in [0.1, 0.15) is 16.8 Å². The molecule has 0 saturated heterocycles. The van der Waals surface area contributed by atoms with E-state index in [2.05, 4.69) is 15.4 Å². The lowest BCUT2D eigenvalue weighted by Gasteiger charge is -2.14. The van der Waals surface area contributed by atoms with Crippen molar-refractivity contribution >= 4 is 11.0 Å². The Bertz CT molecular complexity index is 1260. The van der Waals surface area contributed by atoms with Gasteiger partial charge in [-0.3, -0.25) is 0 Å². The Hall–Kier alpha value is -3.81. The number of hydrogen-bond donors (Lipinski definition) is 1. The second-order valence-electron chi connectivity index (χ2n) is 6.31. The zero-order chi connectivity index (χ0) is 21.7. The van der Waals surface area contributed by atoms with E-state index in [1.807, 2.05) is 6.07 Å². The van der Waals surface area contributed by atoms with E-state index in [0.29, 0.717) is 17.5 Å². The minimum absolute atomic E-state index is 0.0435. The first kappa shape index (κ1) is 19.5. The van der Waals surface area contributed by atoms with E-state index in [1.165, 1.54) is 24.3 Å². The van der Waals surface area contributed by atoms with Crippen LogP contribution in [0.5, 0.6) is 0 Å². The highest BCUT2D eigenvalue weighted by atomic mass is 19.4. The quantitative estimate of drug-likeness (QED) is 0.415. The molecular formula is C19H8F6N4O. The molecule has 2 aromatic carbocycles. The molecule has 0 bridgehead atoms. The molecule has 4 aromatic rings. The Morgan fingerprint density at radius 1 is 0.867 bits per heavy atom. The number of benzene rings is 2. The summed E-state index contributed by atoms with van der Waals surface area (Å²) in [5, 5.41) is 19.2. The number of H-pyrrole nitrogens is 1. The molecule has 0 aliphatic heterocycles. The Balaban J connectivity index is 1.84. The van der Waals surface area contributed by atoms with Crippen molar-refractivity contribution in [2.24, 2.45) is 0 Å². The van der Waals surface area contributed by atoms with Crippen molar-refractivity contribution in [1.82, 2.24) is 15.4 Å². The van der Waals surface area contributed by atoms with Crippen molar-refractivity contribution in [3.8, 4) is 28.7 Å². The first-order valence-electron chi connectivity index (χ1n) is 8.21. The first-order valence-corrected chi connectivity index (χ1v) is 8.21. The fourth-order valence-electron chi connectivity index (χ4n) is 2.93. The number of alkyl halides is 6. The van der Waals surface area contributed by atoms with Gasteiger partial charge in [-0.15, -0.1) is 5.10 Å². The molecule has 0 atom stereocenters. The van der Waals surface area contributed by atoms with E-state index < -0.39 is 23.5 Å². The molecular weight excluding hydrogens is 414 g/mol.